The summed E-state index contributed by atoms with van der Waals surface area (Å²) in [5, 5.41) is 2.75. The van der Waals surface area contributed by atoms with Crippen molar-refractivity contribution >= 4 is 6.09 Å². The predicted molar refractivity (Wildman–Crippen MR) is 75.0 cm³/mol. The summed E-state index contributed by atoms with van der Waals surface area (Å²) >= 11 is 0. The van der Waals surface area contributed by atoms with Crippen LogP contribution in [-0.4, -0.2) is 26.4 Å². The Kier molecular flexibility index (Phi) is 8.47. The lowest BCUT2D eigenvalue weighted by Gasteiger charge is -2.07. The van der Waals surface area contributed by atoms with Gasteiger partial charge in [0.2, 0.25) is 0 Å². The molecule has 1 aromatic carbocycles. The molecule has 1 rings (SSSR count). The molecule has 0 aromatic heterocycles. The van der Waals surface area contributed by atoms with Crippen LogP contribution in [-0.2, 0) is 16.1 Å². The van der Waals surface area contributed by atoms with Gasteiger partial charge < -0.3 is 14.8 Å². The minimum atomic E-state index is -0.347. The van der Waals surface area contributed by atoms with Crippen LogP contribution in [0.15, 0.2) is 30.3 Å². The van der Waals surface area contributed by atoms with Gasteiger partial charge in [0.1, 0.15) is 6.61 Å². The number of amides is 1. The Morgan fingerprint density at radius 1 is 1.11 bits per heavy atom. The van der Waals surface area contributed by atoms with Gasteiger partial charge in [0.25, 0.3) is 0 Å². The lowest BCUT2D eigenvalue weighted by molar-refractivity contribution is 0.139. The van der Waals surface area contributed by atoms with Crippen molar-refractivity contribution in [3.05, 3.63) is 35.9 Å². The fraction of sp³-hybridized carbons (Fsp3) is 0.533. The van der Waals surface area contributed by atoms with Gasteiger partial charge in [-0.3, -0.25) is 0 Å². The number of alkyl carbamates (subject to hydrolysis) is 1. The maximum absolute atomic E-state index is 11.4. The molecule has 0 spiro atoms. The SMILES string of the molecule is COCCCCCCNC(=O)OCc1ccccc1. The van der Waals surface area contributed by atoms with Crippen LogP contribution in [0.2, 0.25) is 0 Å². The smallest absolute Gasteiger partial charge is 0.407 e. The second-order valence-corrected chi connectivity index (χ2v) is 4.40. The molecule has 0 aliphatic carbocycles. The number of rotatable bonds is 9. The van der Waals surface area contributed by atoms with E-state index in [1.165, 1.54) is 0 Å². The molecule has 0 saturated carbocycles. The zero-order chi connectivity index (χ0) is 13.8. The number of unbranched alkanes of at least 4 members (excludes halogenated alkanes) is 3. The Morgan fingerprint density at radius 2 is 1.84 bits per heavy atom. The van der Waals surface area contributed by atoms with Crippen LogP contribution in [0.25, 0.3) is 0 Å². The van der Waals surface area contributed by atoms with E-state index < -0.39 is 0 Å². The molecule has 4 heteroatoms. The molecule has 0 saturated heterocycles. The first-order valence-corrected chi connectivity index (χ1v) is 6.76. The molecule has 1 N–H and O–H groups in total. The molecule has 0 bridgehead atoms. The van der Waals surface area contributed by atoms with Gasteiger partial charge in [0, 0.05) is 20.3 Å². The molecule has 1 aromatic rings. The molecule has 1 amide bonds. The molecule has 0 aliphatic rings. The predicted octanol–water partition coefficient (Wildman–Crippen LogP) is 3.12. The van der Waals surface area contributed by atoms with E-state index in [4.69, 9.17) is 9.47 Å². The largest absolute Gasteiger partial charge is 0.445 e. The molecule has 0 radical (unpaired) electrons. The first kappa shape index (κ1) is 15.5. The van der Waals surface area contributed by atoms with Gasteiger partial charge in [0.05, 0.1) is 0 Å². The van der Waals surface area contributed by atoms with E-state index in [1.807, 2.05) is 30.3 Å². The molecular weight excluding hydrogens is 242 g/mol. The number of ether oxygens (including phenoxy) is 2. The van der Waals surface area contributed by atoms with Crippen LogP contribution in [0.3, 0.4) is 0 Å². The molecule has 106 valence electrons. The van der Waals surface area contributed by atoms with Gasteiger partial charge in [-0.05, 0) is 18.4 Å². The summed E-state index contributed by atoms with van der Waals surface area (Å²) in [6.07, 6.45) is 3.94. The number of hydrogen-bond acceptors (Lipinski definition) is 3. The summed E-state index contributed by atoms with van der Waals surface area (Å²) in [6, 6.07) is 9.66. The Hall–Kier alpha value is -1.55. The molecule has 0 unspecified atom stereocenters. The third-order valence-electron chi connectivity index (χ3n) is 2.76. The Labute approximate surface area is 115 Å². The zero-order valence-corrected chi connectivity index (χ0v) is 11.6. The normalized spacial score (nSPS) is 10.2. The monoisotopic (exact) mass is 265 g/mol. The second-order valence-electron chi connectivity index (χ2n) is 4.40. The topological polar surface area (TPSA) is 47.6 Å². The van der Waals surface area contributed by atoms with Gasteiger partial charge in [-0.25, -0.2) is 4.79 Å². The summed E-state index contributed by atoms with van der Waals surface area (Å²) in [6.45, 7) is 1.80. The summed E-state index contributed by atoms with van der Waals surface area (Å²) in [5.41, 5.74) is 0.997. The van der Waals surface area contributed by atoms with Gasteiger partial charge in [-0.2, -0.15) is 0 Å². The highest BCUT2D eigenvalue weighted by molar-refractivity contribution is 5.67. The van der Waals surface area contributed by atoms with Gasteiger partial charge in [-0.15, -0.1) is 0 Å². The molecule has 0 aliphatic heterocycles. The third kappa shape index (κ3) is 8.21. The number of carbonyl (C=O) groups is 1. The van der Waals surface area contributed by atoms with Crippen molar-refractivity contribution in [2.75, 3.05) is 20.3 Å². The minimum Gasteiger partial charge on any atom is -0.445 e. The highest BCUT2D eigenvalue weighted by Gasteiger charge is 2.01. The number of benzene rings is 1. The van der Waals surface area contributed by atoms with Gasteiger partial charge in [-0.1, -0.05) is 43.2 Å². The van der Waals surface area contributed by atoms with Crippen LogP contribution in [0.1, 0.15) is 31.2 Å². The van der Waals surface area contributed by atoms with Crippen molar-refractivity contribution in [3.8, 4) is 0 Å². The van der Waals surface area contributed by atoms with Crippen LogP contribution in [0.4, 0.5) is 4.79 Å². The number of carbonyl (C=O) groups excluding carboxylic acids is 1. The minimum absolute atomic E-state index is 0.320. The fourth-order valence-electron chi connectivity index (χ4n) is 1.69. The van der Waals surface area contributed by atoms with E-state index in [-0.39, 0.29) is 6.09 Å². The lowest BCUT2D eigenvalue weighted by atomic mass is 10.2. The molecule has 4 nitrogen and oxygen atoms in total. The number of hydrogen-bond donors (Lipinski definition) is 1. The molecule has 0 atom stereocenters. The maximum atomic E-state index is 11.4. The van der Waals surface area contributed by atoms with Crippen LogP contribution < -0.4 is 5.32 Å². The Bertz CT molecular complexity index is 341. The quantitative estimate of drug-likeness (QED) is 0.698. The van der Waals surface area contributed by atoms with Crippen molar-refractivity contribution in [1.29, 1.82) is 0 Å². The Morgan fingerprint density at radius 3 is 2.58 bits per heavy atom. The summed E-state index contributed by atoms with van der Waals surface area (Å²) in [5.74, 6) is 0. The van der Waals surface area contributed by atoms with Crippen LogP contribution in [0.5, 0.6) is 0 Å². The van der Waals surface area contributed by atoms with Gasteiger partial charge >= 0.3 is 6.09 Å². The maximum Gasteiger partial charge on any atom is 0.407 e. The highest BCUT2D eigenvalue weighted by Crippen LogP contribution is 2.01. The third-order valence-corrected chi connectivity index (χ3v) is 2.76. The second kappa shape index (κ2) is 10.4. The average Bonchev–Trinajstić information content (AvgIpc) is 2.45. The first-order valence-electron chi connectivity index (χ1n) is 6.76. The molecular formula is C15H23NO3. The lowest BCUT2D eigenvalue weighted by Crippen LogP contribution is -2.25. The number of nitrogens with one attached hydrogen (secondary N) is 1. The van der Waals surface area contributed by atoms with Crippen LogP contribution in [0, 0.1) is 0 Å². The van der Waals surface area contributed by atoms with Gasteiger partial charge in [0.15, 0.2) is 0 Å². The van der Waals surface area contributed by atoms with E-state index in [2.05, 4.69) is 5.32 Å². The van der Waals surface area contributed by atoms with Crippen molar-refractivity contribution in [1.82, 2.24) is 5.32 Å². The van der Waals surface area contributed by atoms with E-state index in [1.54, 1.807) is 7.11 Å². The van der Waals surface area contributed by atoms with Crippen molar-refractivity contribution < 1.29 is 14.3 Å². The first-order chi connectivity index (χ1) is 9.33. The van der Waals surface area contributed by atoms with Crippen molar-refractivity contribution in [2.45, 2.75) is 32.3 Å². The van der Waals surface area contributed by atoms with E-state index in [0.29, 0.717) is 13.2 Å². The van der Waals surface area contributed by atoms with E-state index in [0.717, 1.165) is 37.9 Å². The summed E-state index contributed by atoms with van der Waals surface area (Å²) < 4.78 is 10.1. The molecule has 0 heterocycles. The fourth-order valence-corrected chi connectivity index (χ4v) is 1.69. The zero-order valence-electron chi connectivity index (χ0n) is 11.6. The van der Waals surface area contributed by atoms with E-state index >= 15 is 0 Å². The Balaban J connectivity index is 1.96. The van der Waals surface area contributed by atoms with E-state index in [9.17, 15) is 4.79 Å². The molecule has 19 heavy (non-hydrogen) atoms. The number of methoxy groups -OCH3 is 1. The average molecular weight is 265 g/mol. The van der Waals surface area contributed by atoms with Crippen molar-refractivity contribution in [3.63, 3.8) is 0 Å². The molecule has 0 fully saturated rings. The summed E-state index contributed by atoms with van der Waals surface area (Å²) in [7, 11) is 1.71. The highest BCUT2D eigenvalue weighted by atomic mass is 16.5. The van der Waals surface area contributed by atoms with Crippen LogP contribution >= 0.6 is 0 Å². The van der Waals surface area contributed by atoms with Crippen molar-refractivity contribution in [2.24, 2.45) is 0 Å². The standard InChI is InChI=1S/C15H23NO3/c1-18-12-8-3-2-7-11-16-15(17)19-13-14-9-5-4-6-10-14/h4-6,9-10H,2-3,7-8,11-13H2,1H3,(H,16,17). The summed E-state index contributed by atoms with van der Waals surface area (Å²) in [4.78, 5) is 11.4.